The van der Waals surface area contributed by atoms with Crippen molar-refractivity contribution in [1.29, 1.82) is 0 Å². The number of nitrogens with one attached hydrogen (secondary N) is 2. The first-order valence-corrected chi connectivity index (χ1v) is 6.56. The highest BCUT2D eigenvalue weighted by Crippen LogP contribution is 2.39. The second-order valence-corrected chi connectivity index (χ2v) is 5.01. The van der Waals surface area contributed by atoms with Gasteiger partial charge in [-0.3, -0.25) is 10.00 Å². The quantitative estimate of drug-likeness (QED) is 0.861. The number of aryl methyl sites for hydroxylation is 2. The van der Waals surface area contributed by atoms with Crippen molar-refractivity contribution < 1.29 is 4.79 Å². The fourth-order valence-corrected chi connectivity index (χ4v) is 2.13. The highest BCUT2D eigenvalue weighted by atomic mass is 16.2. The van der Waals surface area contributed by atoms with E-state index in [1.807, 2.05) is 11.7 Å². The van der Waals surface area contributed by atoms with Crippen molar-refractivity contribution >= 4 is 11.8 Å². The fourth-order valence-electron chi connectivity index (χ4n) is 2.13. The fraction of sp³-hybridized carbons (Fsp3) is 0.500. The Bertz CT molecular complexity index is 626. The summed E-state index contributed by atoms with van der Waals surface area (Å²) in [5.41, 5.74) is 2.12. The van der Waals surface area contributed by atoms with E-state index in [2.05, 4.69) is 32.1 Å². The summed E-state index contributed by atoms with van der Waals surface area (Å²) in [6.45, 7) is 0.400. The molecule has 8 nitrogen and oxygen atoms in total. The molecule has 0 aliphatic heterocycles. The van der Waals surface area contributed by atoms with E-state index in [0.717, 1.165) is 5.69 Å². The predicted octanol–water partition coefficient (Wildman–Crippen LogP) is 0.748. The maximum Gasteiger partial charge on any atom is 0.320 e. The second kappa shape index (κ2) is 4.95. The number of rotatable bonds is 4. The molecule has 0 aromatic carbocycles. The predicted molar refractivity (Wildman–Crippen MR) is 72.0 cm³/mol. The number of hydrogen-bond donors (Lipinski definition) is 2. The topological polar surface area (TPSA) is 89.7 Å². The average Bonchev–Trinajstić information content (AvgIpc) is 3.08. The van der Waals surface area contributed by atoms with Crippen molar-refractivity contribution in [3.05, 3.63) is 23.7 Å². The van der Waals surface area contributed by atoms with Crippen molar-refractivity contribution in [1.82, 2.24) is 30.1 Å². The molecule has 1 aliphatic rings. The molecule has 0 saturated heterocycles. The van der Waals surface area contributed by atoms with Gasteiger partial charge < -0.3 is 5.32 Å². The van der Waals surface area contributed by atoms with Gasteiger partial charge in [-0.25, -0.2) is 9.48 Å². The first-order valence-electron chi connectivity index (χ1n) is 6.56. The van der Waals surface area contributed by atoms with Gasteiger partial charge in [-0.15, -0.1) is 5.10 Å². The molecule has 2 N–H and O–H groups in total. The minimum absolute atomic E-state index is 0.297. The Morgan fingerprint density at radius 1 is 1.40 bits per heavy atom. The van der Waals surface area contributed by atoms with Crippen molar-refractivity contribution in [3.63, 3.8) is 0 Å². The Hall–Kier alpha value is -2.38. The molecule has 0 atom stereocenters. The molecule has 106 valence electrons. The standard InChI is InChI=1S/C12H17N7O/c1-18-10(8-3-4-8)5-9(16-18)6-13-12(20)15-11-7-14-17-19(11)2/h5,7-8H,3-4,6H2,1-2H3,(H2,13,15,20). The molecule has 8 heteroatoms. The summed E-state index contributed by atoms with van der Waals surface area (Å²) >= 11 is 0. The minimum atomic E-state index is -0.297. The third kappa shape index (κ3) is 2.63. The molecule has 2 amide bonds. The van der Waals surface area contributed by atoms with Crippen molar-refractivity contribution in [2.75, 3.05) is 5.32 Å². The summed E-state index contributed by atoms with van der Waals surface area (Å²) in [5, 5.41) is 17.3. The zero-order valence-electron chi connectivity index (χ0n) is 11.5. The number of nitrogens with zero attached hydrogens (tertiary/aromatic N) is 5. The first-order chi connectivity index (χ1) is 9.63. The van der Waals surface area contributed by atoms with Gasteiger partial charge in [0.2, 0.25) is 0 Å². The molecule has 1 aliphatic carbocycles. The average molecular weight is 275 g/mol. The Labute approximate surface area is 116 Å². The molecule has 2 heterocycles. The molecule has 3 rings (SSSR count). The van der Waals surface area contributed by atoms with E-state index in [9.17, 15) is 4.79 Å². The van der Waals surface area contributed by atoms with Crippen LogP contribution in [0.1, 0.15) is 30.1 Å². The van der Waals surface area contributed by atoms with Gasteiger partial charge in [0, 0.05) is 25.7 Å². The normalized spacial score (nSPS) is 14.3. The molecule has 2 aromatic heterocycles. The smallest absolute Gasteiger partial charge is 0.320 e. The Morgan fingerprint density at radius 2 is 2.20 bits per heavy atom. The summed E-state index contributed by atoms with van der Waals surface area (Å²) in [6.07, 6.45) is 3.96. The van der Waals surface area contributed by atoms with Crippen LogP contribution in [0.5, 0.6) is 0 Å². The van der Waals surface area contributed by atoms with E-state index < -0.39 is 0 Å². The lowest BCUT2D eigenvalue weighted by atomic mass is 10.2. The van der Waals surface area contributed by atoms with Crippen LogP contribution in [-0.4, -0.2) is 30.8 Å². The van der Waals surface area contributed by atoms with Gasteiger partial charge >= 0.3 is 6.03 Å². The van der Waals surface area contributed by atoms with Crippen LogP contribution >= 0.6 is 0 Å². The van der Waals surface area contributed by atoms with Crippen LogP contribution in [0.2, 0.25) is 0 Å². The Balaban J connectivity index is 1.55. The number of amides is 2. The lowest BCUT2D eigenvalue weighted by molar-refractivity contribution is 0.251. The lowest BCUT2D eigenvalue weighted by Crippen LogP contribution is -2.29. The van der Waals surface area contributed by atoms with E-state index in [1.165, 1.54) is 29.4 Å². The van der Waals surface area contributed by atoms with E-state index in [-0.39, 0.29) is 6.03 Å². The van der Waals surface area contributed by atoms with Gasteiger partial charge in [0.05, 0.1) is 18.4 Å². The Kier molecular flexibility index (Phi) is 3.13. The van der Waals surface area contributed by atoms with Crippen molar-refractivity contribution in [2.45, 2.75) is 25.3 Å². The number of carbonyl (C=O) groups is 1. The molecule has 0 radical (unpaired) electrons. The minimum Gasteiger partial charge on any atom is -0.332 e. The molecule has 1 fully saturated rings. The number of carbonyl (C=O) groups excluding carboxylic acids is 1. The van der Waals surface area contributed by atoms with Crippen molar-refractivity contribution in [2.24, 2.45) is 14.1 Å². The Morgan fingerprint density at radius 3 is 2.85 bits per heavy atom. The van der Waals surface area contributed by atoms with E-state index >= 15 is 0 Å². The number of urea groups is 1. The second-order valence-electron chi connectivity index (χ2n) is 5.01. The van der Waals surface area contributed by atoms with Crippen LogP contribution in [-0.2, 0) is 20.6 Å². The molecule has 0 spiro atoms. The van der Waals surface area contributed by atoms with Crippen LogP contribution in [0, 0.1) is 0 Å². The summed E-state index contributed by atoms with van der Waals surface area (Å²) in [7, 11) is 3.65. The van der Waals surface area contributed by atoms with Gasteiger partial charge in [0.25, 0.3) is 0 Å². The number of anilines is 1. The van der Waals surface area contributed by atoms with Crippen LogP contribution in [0.15, 0.2) is 12.3 Å². The first kappa shape index (κ1) is 12.6. The van der Waals surface area contributed by atoms with E-state index in [1.54, 1.807) is 7.05 Å². The maximum absolute atomic E-state index is 11.7. The monoisotopic (exact) mass is 275 g/mol. The summed E-state index contributed by atoms with van der Waals surface area (Å²) in [6, 6.07) is 1.76. The molecular weight excluding hydrogens is 258 g/mol. The number of aromatic nitrogens is 5. The number of hydrogen-bond acceptors (Lipinski definition) is 4. The van der Waals surface area contributed by atoms with Gasteiger partial charge in [0.1, 0.15) is 0 Å². The van der Waals surface area contributed by atoms with Gasteiger partial charge in [-0.1, -0.05) is 5.21 Å². The molecule has 0 bridgehead atoms. The maximum atomic E-state index is 11.7. The van der Waals surface area contributed by atoms with Gasteiger partial charge in [-0.2, -0.15) is 5.10 Å². The summed E-state index contributed by atoms with van der Waals surface area (Å²) in [5.74, 6) is 1.19. The lowest BCUT2D eigenvalue weighted by Gasteiger charge is -2.05. The third-order valence-electron chi connectivity index (χ3n) is 3.35. The van der Waals surface area contributed by atoms with Gasteiger partial charge in [-0.05, 0) is 18.9 Å². The third-order valence-corrected chi connectivity index (χ3v) is 3.35. The largest absolute Gasteiger partial charge is 0.332 e. The summed E-state index contributed by atoms with van der Waals surface area (Å²) < 4.78 is 3.39. The van der Waals surface area contributed by atoms with E-state index in [0.29, 0.717) is 18.3 Å². The van der Waals surface area contributed by atoms with Crippen LogP contribution in [0.25, 0.3) is 0 Å². The molecule has 20 heavy (non-hydrogen) atoms. The molecule has 2 aromatic rings. The van der Waals surface area contributed by atoms with Crippen LogP contribution < -0.4 is 10.6 Å². The van der Waals surface area contributed by atoms with E-state index in [4.69, 9.17) is 0 Å². The highest BCUT2D eigenvalue weighted by molar-refractivity contribution is 5.87. The molecule has 1 saturated carbocycles. The highest BCUT2D eigenvalue weighted by Gasteiger charge is 2.27. The zero-order chi connectivity index (χ0) is 14.1. The summed E-state index contributed by atoms with van der Waals surface area (Å²) in [4.78, 5) is 11.7. The SMILES string of the molecule is Cn1nncc1NC(=O)NCc1cc(C2CC2)n(C)n1. The molecule has 0 unspecified atom stereocenters. The van der Waals surface area contributed by atoms with Crippen LogP contribution in [0.4, 0.5) is 10.6 Å². The molecular formula is C12H17N7O. The van der Waals surface area contributed by atoms with Crippen LogP contribution in [0.3, 0.4) is 0 Å². The van der Waals surface area contributed by atoms with Crippen molar-refractivity contribution in [3.8, 4) is 0 Å². The van der Waals surface area contributed by atoms with Gasteiger partial charge in [0.15, 0.2) is 5.82 Å². The zero-order valence-corrected chi connectivity index (χ0v) is 11.5.